The van der Waals surface area contributed by atoms with E-state index in [0.29, 0.717) is 18.5 Å². The van der Waals surface area contributed by atoms with Gasteiger partial charge in [0.1, 0.15) is 0 Å². The van der Waals surface area contributed by atoms with Gasteiger partial charge in [-0.2, -0.15) is 13.2 Å². The monoisotopic (exact) mass is 401 g/mol. The number of aliphatic imine (C=N–C) groups is 1. The van der Waals surface area contributed by atoms with E-state index < -0.39 is 12.8 Å². The van der Waals surface area contributed by atoms with Gasteiger partial charge in [-0.05, 0) is 44.4 Å². The first-order chi connectivity index (χ1) is 13.4. The molecule has 28 heavy (non-hydrogen) atoms. The molecule has 0 amide bonds. The van der Waals surface area contributed by atoms with Crippen LogP contribution in [0.25, 0.3) is 0 Å². The van der Waals surface area contributed by atoms with Crippen molar-refractivity contribution in [2.24, 2.45) is 4.99 Å². The van der Waals surface area contributed by atoms with Crippen molar-refractivity contribution in [2.45, 2.75) is 51.9 Å². The molecule has 2 heterocycles. The van der Waals surface area contributed by atoms with Crippen LogP contribution in [0.15, 0.2) is 23.3 Å². The largest absolute Gasteiger partial charge is 0.468 e. The molecule has 1 fully saturated rings. The topological polar surface area (TPSA) is 61.8 Å². The summed E-state index contributed by atoms with van der Waals surface area (Å²) in [6.45, 7) is 7.20. The van der Waals surface area contributed by atoms with Crippen molar-refractivity contribution in [2.75, 3.05) is 32.8 Å². The van der Waals surface area contributed by atoms with Crippen LogP contribution in [0.2, 0.25) is 0 Å². The first-order valence-electron chi connectivity index (χ1n) is 9.81. The SMILES string of the molecule is CCCN1CCC(NC(=NCc2ccnc(OCC(F)(F)F)c2)NCC)CC1. The molecule has 0 saturated carbocycles. The number of piperidine rings is 1. The Bertz CT molecular complexity index is 616. The number of rotatable bonds is 8. The second-order valence-corrected chi connectivity index (χ2v) is 6.86. The standard InChI is InChI=1S/C19H30F3N5O/c1-3-9-27-10-6-16(7-11-27)26-18(23-4-2)25-13-15-5-8-24-17(12-15)28-14-19(20,21)22/h5,8,12,16H,3-4,6-7,9-11,13-14H2,1-2H3,(H2,23,25,26). The van der Waals surface area contributed by atoms with Crippen LogP contribution in [-0.2, 0) is 6.54 Å². The minimum Gasteiger partial charge on any atom is -0.468 e. The molecule has 0 aromatic carbocycles. The zero-order chi connectivity index (χ0) is 20.4. The van der Waals surface area contributed by atoms with Crippen molar-refractivity contribution in [1.82, 2.24) is 20.5 Å². The van der Waals surface area contributed by atoms with Gasteiger partial charge in [-0.1, -0.05) is 6.92 Å². The van der Waals surface area contributed by atoms with E-state index in [1.54, 1.807) is 6.07 Å². The smallest absolute Gasteiger partial charge is 0.422 e. The number of halogens is 3. The van der Waals surface area contributed by atoms with Gasteiger partial charge in [-0.15, -0.1) is 0 Å². The maximum Gasteiger partial charge on any atom is 0.422 e. The average Bonchev–Trinajstić information content (AvgIpc) is 2.66. The summed E-state index contributed by atoms with van der Waals surface area (Å²) >= 11 is 0. The van der Waals surface area contributed by atoms with E-state index in [2.05, 4.69) is 32.4 Å². The Morgan fingerprint density at radius 2 is 2.07 bits per heavy atom. The van der Waals surface area contributed by atoms with Crippen LogP contribution in [0.1, 0.15) is 38.7 Å². The molecule has 2 N–H and O–H groups in total. The number of pyridine rings is 1. The first-order valence-corrected chi connectivity index (χ1v) is 9.81. The lowest BCUT2D eigenvalue weighted by Crippen LogP contribution is -2.48. The van der Waals surface area contributed by atoms with Crippen molar-refractivity contribution in [3.05, 3.63) is 23.9 Å². The molecule has 2 rings (SSSR count). The van der Waals surface area contributed by atoms with Crippen molar-refractivity contribution in [1.29, 1.82) is 0 Å². The fourth-order valence-corrected chi connectivity index (χ4v) is 3.08. The second-order valence-electron chi connectivity index (χ2n) is 6.86. The molecule has 1 aliphatic heterocycles. The molecule has 1 aliphatic rings. The number of hydrogen-bond donors (Lipinski definition) is 2. The van der Waals surface area contributed by atoms with E-state index >= 15 is 0 Å². The highest BCUT2D eigenvalue weighted by atomic mass is 19.4. The Morgan fingerprint density at radius 1 is 1.32 bits per heavy atom. The predicted octanol–water partition coefficient (Wildman–Crippen LogP) is 2.95. The molecule has 1 aromatic rings. The first kappa shape index (κ1) is 22.3. The lowest BCUT2D eigenvalue weighted by Gasteiger charge is -2.32. The van der Waals surface area contributed by atoms with Gasteiger partial charge < -0.3 is 20.3 Å². The van der Waals surface area contributed by atoms with Crippen LogP contribution in [-0.4, -0.2) is 60.8 Å². The minimum atomic E-state index is -4.38. The van der Waals surface area contributed by atoms with E-state index in [-0.39, 0.29) is 5.88 Å². The van der Waals surface area contributed by atoms with Gasteiger partial charge in [0.15, 0.2) is 12.6 Å². The highest BCUT2D eigenvalue weighted by molar-refractivity contribution is 5.80. The van der Waals surface area contributed by atoms with Crippen molar-refractivity contribution in [3.63, 3.8) is 0 Å². The third kappa shape index (κ3) is 8.33. The Kier molecular flexibility index (Phi) is 8.82. The molecule has 1 aromatic heterocycles. The summed E-state index contributed by atoms with van der Waals surface area (Å²) in [5.74, 6) is 0.664. The molecular weight excluding hydrogens is 371 g/mol. The summed E-state index contributed by atoms with van der Waals surface area (Å²) in [7, 11) is 0. The summed E-state index contributed by atoms with van der Waals surface area (Å²) < 4.78 is 41.5. The number of nitrogens with one attached hydrogen (secondary N) is 2. The van der Waals surface area contributed by atoms with Crippen LogP contribution in [0.3, 0.4) is 0 Å². The van der Waals surface area contributed by atoms with Crippen molar-refractivity contribution < 1.29 is 17.9 Å². The minimum absolute atomic E-state index is 0.0497. The van der Waals surface area contributed by atoms with Gasteiger partial charge in [0.2, 0.25) is 5.88 Å². The number of likely N-dealkylation sites (tertiary alicyclic amines) is 1. The van der Waals surface area contributed by atoms with E-state index in [9.17, 15) is 13.2 Å². The van der Waals surface area contributed by atoms with Crippen molar-refractivity contribution >= 4 is 5.96 Å². The Labute approximate surface area is 164 Å². The molecule has 1 saturated heterocycles. The summed E-state index contributed by atoms with van der Waals surface area (Å²) in [6.07, 6.45) is 0.345. The van der Waals surface area contributed by atoms with E-state index in [1.165, 1.54) is 18.7 Å². The van der Waals surface area contributed by atoms with Crippen molar-refractivity contribution in [3.8, 4) is 5.88 Å². The summed E-state index contributed by atoms with van der Waals surface area (Å²) in [5, 5.41) is 6.69. The molecule has 0 radical (unpaired) electrons. The number of guanidine groups is 1. The third-order valence-electron chi connectivity index (χ3n) is 4.42. The molecule has 158 valence electrons. The van der Waals surface area contributed by atoms with E-state index in [1.807, 2.05) is 6.92 Å². The molecule has 0 unspecified atom stereocenters. The molecule has 6 nitrogen and oxygen atoms in total. The Hall–Kier alpha value is -2.03. The van der Waals surface area contributed by atoms with Gasteiger partial charge in [0, 0.05) is 37.9 Å². The molecular formula is C19H30F3N5O. The number of alkyl halides is 3. The summed E-state index contributed by atoms with van der Waals surface area (Å²) in [6, 6.07) is 3.58. The van der Waals surface area contributed by atoms with Gasteiger partial charge in [-0.3, -0.25) is 0 Å². The molecule has 0 bridgehead atoms. The highest BCUT2D eigenvalue weighted by Gasteiger charge is 2.28. The van der Waals surface area contributed by atoms with Crippen LogP contribution in [0.5, 0.6) is 5.88 Å². The Morgan fingerprint density at radius 3 is 2.71 bits per heavy atom. The third-order valence-corrected chi connectivity index (χ3v) is 4.42. The van der Waals surface area contributed by atoms with E-state index in [4.69, 9.17) is 4.74 Å². The fraction of sp³-hybridized carbons (Fsp3) is 0.684. The second kappa shape index (κ2) is 11.1. The van der Waals surface area contributed by atoms with Gasteiger partial charge in [0.05, 0.1) is 6.54 Å². The quantitative estimate of drug-likeness (QED) is 0.518. The average molecular weight is 401 g/mol. The molecule has 0 atom stereocenters. The lowest BCUT2D eigenvalue weighted by molar-refractivity contribution is -0.154. The molecule has 0 spiro atoms. The highest BCUT2D eigenvalue weighted by Crippen LogP contribution is 2.18. The Balaban J connectivity index is 1.90. The number of hydrogen-bond acceptors (Lipinski definition) is 4. The lowest BCUT2D eigenvalue weighted by atomic mass is 10.1. The van der Waals surface area contributed by atoms with Crippen LogP contribution in [0, 0.1) is 0 Å². The maximum absolute atomic E-state index is 12.3. The van der Waals surface area contributed by atoms with Gasteiger partial charge in [0.25, 0.3) is 0 Å². The van der Waals surface area contributed by atoms with Gasteiger partial charge in [-0.25, -0.2) is 9.98 Å². The zero-order valence-electron chi connectivity index (χ0n) is 16.6. The van der Waals surface area contributed by atoms with Crippen LogP contribution in [0.4, 0.5) is 13.2 Å². The number of aromatic nitrogens is 1. The summed E-state index contributed by atoms with van der Waals surface area (Å²) in [5.41, 5.74) is 0.738. The van der Waals surface area contributed by atoms with Crippen LogP contribution < -0.4 is 15.4 Å². The molecule has 0 aliphatic carbocycles. The summed E-state index contributed by atoms with van der Waals surface area (Å²) in [4.78, 5) is 10.8. The van der Waals surface area contributed by atoms with Gasteiger partial charge >= 0.3 is 6.18 Å². The fourth-order valence-electron chi connectivity index (χ4n) is 3.08. The molecule has 9 heteroatoms. The maximum atomic E-state index is 12.3. The van der Waals surface area contributed by atoms with Crippen LogP contribution >= 0.6 is 0 Å². The zero-order valence-corrected chi connectivity index (χ0v) is 16.6. The predicted molar refractivity (Wildman–Crippen MR) is 103 cm³/mol. The number of ether oxygens (including phenoxy) is 1. The number of nitrogens with zero attached hydrogens (tertiary/aromatic N) is 3. The van der Waals surface area contributed by atoms with E-state index in [0.717, 1.165) is 44.6 Å². The normalized spacial score (nSPS) is 16.8.